The zero-order valence-corrected chi connectivity index (χ0v) is 5.97. The van der Waals surface area contributed by atoms with Crippen LogP contribution < -0.4 is 0 Å². The summed E-state index contributed by atoms with van der Waals surface area (Å²) >= 11 is 0. The average Bonchev–Trinajstić information content (AvgIpc) is 2.17. The highest BCUT2D eigenvalue weighted by Crippen LogP contribution is 2.25. The first kappa shape index (κ1) is 8.45. The Kier molecular flexibility index (Phi) is 2.12. The van der Waals surface area contributed by atoms with Gasteiger partial charge in [-0.25, -0.2) is 4.79 Å². The third-order valence-electron chi connectivity index (χ3n) is 1.84. The molecule has 5 nitrogen and oxygen atoms in total. The van der Waals surface area contributed by atoms with Crippen LogP contribution in [0.5, 0.6) is 0 Å². The second kappa shape index (κ2) is 2.77. The van der Waals surface area contributed by atoms with E-state index in [1.165, 1.54) is 6.92 Å². The van der Waals surface area contributed by atoms with Gasteiger partial charge in [0.25, 0.3) is 0 Å². The Morgan fingerprint density at radius 2 is 2.00 bits per heavy atom. The van der Waals surface area contributed by atoms with Gasteiger partial charge in [0, 0.05) is 5.92 Å². The molecule has 3 N–H and O–H groups in total. The monoisotopic (exact) mass is 162 g/mol. The largest absolute Gasteiger partial charge is 0.479 e. The lowest BCUT2D eigenvalue weighted by atomic mass is 10.0. The highest BCUT2D eigenvalue weighted by atomic mass is 16.6. The number of aliphatic hydroxyl groups is 2. The normalized spacial score (nSPS) is 44.3. The first-order valence-electron chi connectivity index (χ1n) is 3.28. The molecule has 5 heteroatoms. The van der Waals surface area contributed by atoms with Gasteiger partial charge in [-0.3, -0.25) is 0 Å². The second-order valence-corrected chi connectivity index (χ2v) is 2.64. The minimum Gasteiger partial charge on any atom is -0.479 e. The Hall–Kier alpha value is -0.650. The predicted molar refractivity (Wildman–Crippen MR) is 33.7 cm³/mol. The molecule has 0 unspecified atom stereocenters. The van der Waals surface area contributed by atoms with E-state index in [9.17, 15) is 4.79 Å². The predicted octanol–water partition coefficient (Wildman–Crippen LogP) is -1.21. The lowest BCUT2D eigenvalue weighted by Crippen LogP contribution is -2.28. The van der Waals surface area contributed by atoms with Crippen molar-refractivity contribution in [3.8, 4) is 0 Å². The van der Waals surface area contributed by atoms with Crippen molar-refractivity contribution < 1.29 is 24.9 Å². The van der Waals surface area contributed by atoms with Crippen LogP contribution in [0.1, 0.15) is 6.92 Å². The number of carboxylic acids is 1. The summed E-state index contributed by atoms with van der Waals surface area (Å²) in [6.07, 6.45) is -3.57. The Balaban J connectivity index is 2.67. The van der Waals surface area contributed by atoms with E-state index < -0.39 is 30.4 Å². The number of aliphatic hydroxyl groups excluding tert-OH is 2. The van der Waals surface area contributed by atoms with Crippen LogP contribution in [0.25, 0.3) is 0 Å². The van der Waals surface area contributed by atoms with E-state index in [0.717, 1.165) is 0 Å². The van der Waals surface area contributed by atoms with Gasteiger partial charge in [-0.1, -0.05) is 6.92 Å². The van der Waals surface area contributed by atoms with Crippen molar-refractivity contribution >= 4 is 5.97 Å². The van der Waals surface area contributed by atoms with Gasteiger partial charge < -0.3 is 20.1 Å². The Labute approximate surface area is 63.2 Å². The maximum absolute atomic E-state index is 10.4. The highest BCUT2D eigenvalue weighted by Gasteiger charge is 2.43. The molecule has 0 bridgehead atoms. The molecule has 1 aliphatic heterocycles. The second-order valence-electron chi connectivity index (χ2n) is 2.64. The van der Waals surface area contributed by atoms with Gasteiger partial charge in [0.15, 0.2) is 12.4 Å². The van der Waals surface area contributed by atoms with Crippen LogP contribution in [-0.2, 0) is 9.53 Å². The van der Waals surface area contributed by atoms with Gasteiger partial charge in [0.2, 0.25) is 0 Å². The molecule has 0 saturated carbocycles. The summed E-state index contributed by atoms with van der Waals surface area (Å²) in [6.45, 7) is 1.51. The van der Waals surface area contributed by atoms with Crippen LogP contribution in [0.4, 0.5) is 0 Å². The summed E-state index contributed by atoms with van der Waals surface area (Å²) in [7, 11) is 0. The minimum atomic E-state index is -1.37. The van der Waals surface area contributed by atoms with Crippen LogP contribution in [0.15, 0.2) is 0 Å². The molecule has 0 aromatic carbocycles. The molecule has 1 heterocycles. The molecule has 0 aromatic rings. The quantitative estimate of drug-likeness (QED) is 0.450. The number of hydrogen-bond acceptors (Lipinski definition) is 4. The topological polar surface area (TPSA) is 87.0 Å². The minimum absolute atomic E-state index is 0.567. The summed E-state index contributed by atoms with van der Waals surface area (Å²) in [4.78, 5) is 10.4. The molecule has 0 aliphatic carbocycles. The van der Waals surface area contributed by atoms with E-state index in [1.54, 1.807) is 0 Å². The molecule has 1 rings (SSSR count). The molecule has 0 amide bonds. The lowest BCUT2D eigenvalue weighted by Gasteiger charge is -2.09. The van der Waals surface area contributed by atoms with Crippen LogP contribution in [-0.4, -0.2) is 39.8 Å². The van der Waals surface area contributed by atoms with Gasteiger partial charge in [-0.15, -0.1) is 0 Å². The van der Waals surface area contributed by atoms with Crippen LogP contribution >= 0.6 is 0 Å². The average molecular weight is 162 g/mol. The molecular formula is C6H10O5. The summed E-state index contributed by atoms with van der Waals surface area (Å²) in [5, 5.41) is 26.4. The first-order chi connectivity index (χ1) is 5.04. The highest BCUT2D eigenvalue weighted by molar-refractivity contribution is 5.73. The van der Waals surface area contributed by atoms with Gasteiger partial charge in [0.05, 0.1) is 0 Å². The zero-order valence-electron chi connectivity index (χ0n) is 5.97. The Bertz CT molecular complexity index is 168. The molecule has 1 fully saturated rings. The standard InChI is InChI=1S/C6H10O5/c1-2-3(7)6(10)11-4(2)5(8)9/h2-4,6-7,10H,1H3,(H,8,9)/t2-,3+,4-,6-/m0/s1. The van der Waals surface area contributed by atoms with Crippen molar-refractivity contribution in [1.29, 1.82) is 0 Å². The van der Waals surface area contributed by atoms with Gasteiger partial charge in [0.1, 0.15) is 6.10 Å². The summed E-state index contributed by atoms with van der Waals surface area (Å²) in [6, 6.07) is 0. The first-order valence-corrected chi connectivity index (χ1v) is 3.28. The van der Waals surface area contributed by atoms with Gasteiger partial charge in [-0.2, -0.15) is 0 Å². The fourth-order valence-corrected chi connectivity index (χ4v) is 1.08. The summed E-state index contributed by atoms with van der Waals surface area (Å²) in [5.41, 5.74) is 0. The van der Waals surface area contributed by atoms with Crippen LogP contribution in [0.3, 0.4) is 0 Å². The van der Waals surface area contributed by atoms with E-state index in [4.69, 9.17) is 15.3 Å². The van der Waals surface area contributed by atoms with Crippen molar-refractivity contribution in [2.24, 2.45) is 5.92 Å². The van der Waals surface area contributed by atoms with Crippen LogP contribution in [0.2, 0.25) is 0 Å². The lowest BCUT2D eigenvalue weighted by molar-refractivity contribution is -0.164. The molecule has 0 spiro atoms. The zero-order chi connectivity index (χ0) is 8.59. The number of carbonyl (C=O) groups is 1. The number of aliphatic carboxylic acids is 1. The third kappa shape index (κ3) is 1.35. The van der Waals surface area contributed by atoms with Crippen molar-refractivity contribution in [2.45, 2.75) is 25.4 Å². The molecule has 64 valence electrons. The number of ether oxygens (including phenoxy) is 1. The SMILES string of the molecule is C[C@H]1[C@@H](O)[C@@H](O)O[C@@H]1C(=O)O. The summed E-state index contributed by atoms with van der Waals surface area (Å²) in [5.74, 6) is -1.73. The van der Waals surface area contributed by atoms with Crippen molar-refractivity contribution in [3.05, 3.63) is 0 Å². The maximum atomic E-state index is 10.4. The van der Waals surface area contributed by atoms with Crippen molar-refractivity contribution in [2.75, 3.05) is 0 Å². The molecule has 4 atom stereocenters. The number of rotatable bonds is 1. The smallest absolute Gasteiger partial charge is 0.333 e. The van der Waals surface area contributed by atoms with E-state index in [2.05, 4.69) is 4.74 Å². The van der Waals surface area contributed by atoms with Crippen LogP contribution in [0, 0.1) is 5.92 Å². The molecular weight excluding hydrogens is 152 g/mol. The van der Waals surface area contributed by atoms with Gasteiger partial charge >= 0.3 is 5.97 Å². The van der Waals surface area contributed by atoms with Gasteiger partial charge in [-0.05, 0) is 0 Å². The van der Waals surface area contributed by atoms with E-state index in [-0.39, 0.29) is 0 Å². The molecule has 0 radical (unpaired) electrons. The fraction of sp³-hybridized carbons (Fsp3) is 0.833. The summed E-state index contributed by atoms with van der Waals surface area (Å²) < 4.78 is 4.55. The van der Waals surface area contributed by atoms with Crippen molar-refractivity contribution in [1.82, 2.24) is 0 Å². The molecule has 0 aromatic heterocycles. The fourth-order valence-electron chi connectivity index (χ4n) is 1.08. The Morgan fingerprint density at radius 3 is 2.18 bits per heavy atom. The number of hydrogen-bond donors (Lipinski definition) is 3. The Morgan fingerprint density at radius 1 is 1.45 bits per heavy atom. The van der Waals surface area contributed by atoms with E-state index in [1.807, 2.05) is 0 Å². The third-order valence-corrected chi connectivity index (χ3v) is 1.84. The van der Waals surface area contributed by atoms with E-state index >= 15 is 0 Å². The molecule has 1 saturated heterocycles. The van der Waals surface area contributed by atoms with E-state index in [0.29, 0.717) is 0 Å². The molecule has 1 aliphatic rings. The van der Waals surface area contributed by atoms with Crippen molar-refractivity contribution in [3.63, 3.8) is 0 Å². The maximum Gasteiger partial charge on any atom is 0.333 e. The molecule has 11 heavy (non-hydrogen) atoms. The number of carboxylic acid groups (broad SMARTS) is 1.